The first-order valence-corrected chi connectivity index (χ1v) is 5.64. The number of nitrogens with zero attached hydrogens (tertiary/aromatic N) is 2. The summed E-state index contributed by atoms with van der Waals surface area (Å²) in [5, 5.41) is 9.98. The van der Waals surface area contributed by atoms with E-state index >= 15 is 0 Å². The molecule has 1 N–H and O–H groups in total. The van der Waals surface area contributed by atoms with E-state index < -0.39 is 5.97 Å². The molecule has 0 saturated heterocycles. The fourth-order valence-electron chi connectivity index (χ4n) is 0.649. The number of carboxylic acids is 1. The first-order chi connectivity index (χ1) is 6.22. The Labute approximate surface area is 84.2 Å². The van der Waals surface area contributed by atoms with Gasteiger partial charge in [-0.25, -0.2) is 9.97 Å². The highest BCUT2D eigenvalue weighted by Gasteiger charge is 2.01. The Morgan fingerprint density at radius 3 is 2.85 bits per heavy atom. The van der Waals surface area contributed by atoms with Crippen LogP contribution >= 0.6 is 23.5 Å². The Morgan fingerprint density at radius 2 is 2.23 bits per heavy atom. The van der Waals surface area contributed by atoms with Gasteiger partial charge in [-0.15, -0.1) is 11.8 Å². The second-order valence-corrected chi connectivity index (χ2v) is 3.90. The Morgan fingerprint density at radius 1 is 1.54 bits per heavy atom. The summed E-state index contributed by atoms with van der Waals surface area (Å²) >= 11 is 2.70. The molecule has 4 nitrogen and oxygen atoms in total. The monoisotopic (exact) mass is 216 g/mol. The SMILES string of the molecule is CSc1cc(SCC(=O)O)ncn1. The van der Waals surface area contributed by atoms with Crippen molar-refractivity contribution in [3.63, 3.8) is 0 Å². The summed E-state index contributed by atoms with van der Waals surface area (Å²) in [5.41, 5.74) is 0. The predicted octanol–water partition coefficient (Wildman–Crippen LogP) is 1.38. The van der Waals surface area contributed by atoms with Gasteiger partial charge in [0.15, 0.2) is 0 Å². The van der Waals surface area contributed by atoms with Crippen molar-refractivity contribution in [2.24, 2.45) is 0 Å². The van der Waals surface area contributed by atoms with Crippen LogP contribution in [0, 0.1) is 0 Å². The summed E-state index contributed by atoms with van der Waals surface area (Å²) in [7, 11) is 0. The quantitative estimate of drug-likeness (QED) is 0.606. The van der Waals surface area contributed by atoms with E-state index in [0.717, 1.165) is 5.03 Å². The lowest BCUT2D eigenvalue weighted by Crippen LogP contribution is -1.98. The van der Waals surface area contributed by atoms with Gasteiger partial charge in [0.25, 0.3) is 0 Å². The average Bonchev–Trinajstić information content (AvgIpc) is 2.15. The minimum Gasteiger partial charge on any atom is -0.481 e. The molecule has 70 valence electrons. The van der Waals surface area contributed by atoms with Crippen molar-refractivity contribution in [2.75, 3.05) is 12.0 Å². The Hall–Kier alpha value is -0.750. The van der Waals surface area contributed by atoms with Crippen LogP contribution in [0.2, 0.25) is 0 Å². The largest absolute Gasteiger partial charge is 0.481 e. The molecule has 6 heteroatoms. The van der Waals surface area contributed by atoms with Crippen LogP contribution in [-0.4, -0.2) is 33.1 Å². The molecular weight excluding hydrogens is 208 g/mol. The van der Waals surface area contributed by atoms with E-state index in [-0.39, 0.29) is 5.75 Å². The van der Waals surface area contributed by atoms with E-state index in [1.807, 2.05) is 6.26 Å². The molecule has 0 aliphatic rings. The van der Waals surface area contributed by atoms with Crippen molar-refractivity contribution >= 4 is 29.5 Å². The first-order valence-electron chi connectivity index (χ1n) is 3.43. The van der Waals surface area contributed by atoms with Gasteiger partial charge in [-0.3, -0.25) is 4.79 Å². The Balaban J connectivity index is 2.61. The molecule has 1 aromatic heterocycles. The fourth-order valence-corrected chi connectivity index (χ4v) is 1.69. The van der Waals surface area contributed by atoms with E-state index in [2.05, 4.69) is 9.97 Å². The second kappa shape index (κ2) is 5.08. The van der Waals surface area contributed by atoms with Gasteiger partial charge in [0.2, 0.25) is 0 Å². The van der Waals surface area contributed by atoms with Crippen molar-refractivity contribution in [1.29, 1.82) is 0 Å². The van der Waals surface area contributed by atoms with Crippen LogP contribution in [0.3, 0.4) is 0 Å². The molecule has 0 amide bonds. The smallest absolute Gasteiger partial charge is 0.313 e. The van der Waals surface area contributed by atoms with Gasteiger partial charge in [-0.05, 0) is 6.26 Å². The molecule has 1 rings (SSSR count). The molecule has 0 fully saturated rings. The van der Waals surface area contributed by atoms with Crippen LogP contribution in [-0.2, 0) is 4.79 Å². The number of rotatable bonds is 4. The number of thioether (sulfide) groups is 2. The van der Waals surface area contributed by atoms with Gasteiger partial charge in [0.1, 0.15) is 16.4 Å². The molecule has 0 aromatic carbocycles. The average molecular weight is 216 g/mol. The van der Waals surface area contributed by atoms with Gasteiger partial charge in [-0.2, -0.15) is 0 Å². The van der Waals surface area contributed by atoms with Crippen molar-refractivity contribution < 1.29 is 9.90 Å². The molecule has 0 saturated carbocycles. The minimum absolute atomic E-state index is 0.0326. The normalized spacial score (nSPS) is 9.92. The summed E-state index contributed by atoms with van der Waals surface area (Å²) in [4.78, 5) is 18.2. The fraction of sp³-hybridized carbons (Fsp3) is 0.286. The summed E-state index contributed by atoms with van der Waals surface area (Å²) in [5.74, 6) is -0.806. The maximum atomic E-state index is 10.3. The third-order valence-corrected chi connectivity index (χ3v) is 2.72. The lowest BCUT2D eigenvalue weighted by atomic mass is 10.7. The van der Waals surface area contributed by atoms with Gasteiger partial charge in [0.05, 0.1) is 5.75 Å². The molecule has 1 aromatic rings. The number of aromatic nitrogens is 2. The summed E-state index contributed by atoms with van der Waals surface area (Å²) in [6.07, 6.45) is 3.35. The molecular formula is C7H8N2O2S2. The number of hydrogen-bond acceptors (Lipinski definition) is 5. The standard InChI is InChI=1S/C7H8N2O2S2/c1-12-5-2-6(9-4-8-5)13-3-7(10)11/h2,4H,3H2,1H3,(H,10,11). The molecule has 0 aliphatic heterocycles. The van der Waals surface area contributed by atoms with E-state index in [9.17, 15) is 4.79 Å². The highest BCUT2D eigenvalue weighted by Crippen LogP contribution is 2.18. The van der Waals surface area contributed by atoms with E-state index in [0.29, 0.717) is 5.03 Å². The number of hydrogen-bond donors (Lipinski definition) is 1. The third kappa shape index (κ3) is 3.65. The molecule has 0 atom stereocenters. The molecule has 0 unspecified atom stereocenters. The molecule has 1 heterocycles. The minimum atomic E-state index is -0.839. The van der Waals surface area contributed by atoms with Crippen molar-refractivity contribution in [2.45, 2.75) is 10.1 Å². The zero-order valence-corrected chi connectivity index (χ0v) is 8.56. The van der Waals surface area contributed by atoms with Crippen LogP contribution in [0.25, 0.3) is 0 Å². The van der Waals surface area contributed by atoms with Crippen LogP contribution in [0.15, 0.2) is 22.4 Å². The highest BCUT2D eigenvalue weighted by atomic mass is 32.2. The molecule has 0 bridgehead atoms. The maximum absolute atomic E-state index is 10.3. The summed E-state index contributed by atoms with van der Waals surface area (Å²) in [6.45, 7) is 0. The van der Waals surface area contributed by atoms with Crippen LogP contribution < -0.4 is 0 Å². The summed E-state index contributed by atoms with van der Waals surface area (Å²) in [6, 6.07) is 1.78. The van der Waals surface area contributed by atoms with Gasteiger partial charge < -0.3 is 5.11 Å². The number of aliphatic carboxylic acids is 1. The van der Waals surface area contributed by atoms with E-state index in [1.165, 1.54) is 29.9 Å². The van der Waals surface area contributed by atoms with Gasteiger partial charge >= 0.3 is 5.97 Å². The zero-order chi connectivity index (χ0) is 9.68. The second-order valence-electron chi connectivity index (χ2n) is 2.08. The topological polar surface area (TPSA) is 63.1 Å². The third-order valence-electron chi connectivity index (χ3n) is 1.17. The summed E-state index contributed by atoms with van der Waals surface area (Å²) < 4.78 is 0. The van der Waals surface area contributed by atoms with Gasteiger partial charge in [0, 0.05) is 6.07 Å². The van der Waals surface area contributed by atoms with Crippen LogP contribution in [0.1, 0.15) is 0 Å². The van der Waals surface area contributed by atoms with E-state index in [4.69, 9.17) is 5.11 Å². The predicted molar refractivity (Wildman–Crippen MR) is 52.2 cm³/mol. The molecule has 0 radical (unpaired) electrons. The van der Waals surface area contributed by atoms with Crippen molar-refractivity contribution in [1.82, 2.24) is 9.97 Å². The molecule has 0 aliphatic carbocycles. The zero-order valence-electron chi connectivity index (χ0n) is 6.93. The van der Waals surface area contributed by atoms with Crippen LogP contribution in [0.4, 0.5) is 0 Å². The lowest BCUT2D eigenvalue weighted by Gasteiger charge is -1.98. The van der Waals surface area contributed by atoms with Crippen LogP contribution in [0.5, 0.6) is 0 Å². The van der Waals surface area contributed by atoms with Crippen molar-refractivity contribution in [3.05, 3.63) is 12.4 Å². The Kier molecular flexibility index (Phi) is 4.04. The Bertz CT molecular complexity index is 306. The first kappa shape index (κ1) is 10.3. The van der Waals surface area contributed by atoms with Gasteiger partial charge in [-0.1, -0.05) is 11.8 Å². The highest BCUT2D eigenvalue weighted by molar-refractivity contribution is 8.00. The lowest BCUT2D eigenvalue weighted by molar-refractivity contribution is -0.133. The molecule has 13 heavy (non-hydrogen) atoms. The molecule has 0 spiro atoms. The maximum Gasteiger partial charge on any atom is 0.313 e. The van der Waals surface area contributed by atoms with E-state index in [1.54, 1.807) is 6.07 Å². The number of carboxylic acid groups (broad SMARTS) is 1. The number of carbonyl (C=O) groups is 1. The van der Waals surface area contributed by atoms with Crippen molar-refractivity contribution in [3.8, 4) is 0 Å².